The molecule has 2 rings (SSSR count). The maximum absolute atomic E-state index is 10.5. The van der Waals surface area contributed by atoms with Gasteiger partial charge in [-0.05, 0) is 61.6 Å². The third-order valence-corrected chi connectivity index (χ3v) is 3.90. The first-order chi connectivity index (χ1) is 11.1. The van der Waals surface area contributed by atoms with Crippen molar-refractivity contribution in [2.24, 2.45) is 16.8 Å². The second kappa shape index (κ2) is 9.15. The molecule has 1 fully saturated rings. The highest BCUT2D eigenvalue weighted by Gasteiger charge is 2.15. The Morgan fingerprint density at radius 1 is 1.48 bits per heavy atom. The van der Waals surface area contributed by atoms with Gasteiger partial charge in [0.1, 0.15) is 5.75 Å². The van der Waals surface area contributed by atoms with Crippen molar-refractivity contribution in [3.05, 3.63) is 29.8 Å². The van der Waals surface area contributed by atoms with Crippen molar-refractivity contribution in [1.82, 2.24) is 10.3 Å². The zero-order valence-electron chi connectivity index (χ0n) is 13.7. The first-order valence-electron chi connectivity index (χ1n) is 8.17. The number of carbonyl (C=O) groups is 1. The fourth-order valence-electron chi connectivity index (χ4n) is 2.79. The first kappa shape index (κ1) is 17.3. The molecule has 126 valence electrons. The number of amides is 2. The molecule has 1 aromatic rings. The van der Waals surface area contributed by atoms with Gasteiger partial charge in [-0.3, -0.25) is 0 Å². The van der Waals surface area contributed by atoms with Crippen LogP contribution in [0.1, 0.15) is 31.7 Å². The number of urea groups is 1. The summed E-state index contributed by atoms with van der Waals surface area (Å²) in [5.74, 6) is 1.67. The molecule has 0 aromatic heterocycles. The van der Waals surface area contributed by atoms with Crippen LogP contribution in [0, 0.1) is 5.92 Å². The summed E-state index contributed by atoms with van der Waals surface area (Å²) in [5, 5.41) is 3.71. The van der Waals surface area contributed by atoms with Gasteiger partial charge in [0, 0.05) is 13.1 Å². The number of rotatable bonds is 7. The van der Waals surface area contributed by atoms with Crippen LogP contribution in [0.4, 0.5) is 4.79 Å². The van der Waals surface area contributed by atoms with E-state index in [1.165, 1.54) is 32.1 Å². The normalized spacial score (nSPS) is 18.9. The Balaban J connectivity index is 1.65. The van der Waals surface area contributed by atoms with Gasteiger partial charge in [-0.2, -0.15) is 5.10 Å². The summed E-state index contributed by atoms with van der Waals surface area (Å²) in [6.07, 6.45) is 5.25. The number of nitrogens with one attached hydrogen (secondary N) is 1. The zero-order chi connectivity index (χ0) is 16.5. The zero-order valence-corrected chi connectivity index (χ0v) is 13.7. The smallest absolute Gasteiger partial charge is 0.332 e. The minimum atomic E-state index is -0.677. The van der Waals surface area contributed by atoms with Gasteiger partial charge < -0.3 is 15.4 Å². The average Bonchev–Trinajstić information content (AvgIpc) is 2.53. The van der Waals surface area contributed by atoms with Gasteiger partial charge >= 0.3 is 6.03 Å². The molecule has 0 aliphatic carbocycles. The molecule has 0 radical (unpaired) electrons. The summed E-state index contributed by atoms with van der Waals surface area (Å²) in [6, 6.07) is 6.88. The molecule has 1 aliphatic rings. The number of piperidine rings is 1. The quantitative estimate of drug-likeness (QED) is 0.459. The summed E-state index contributed by atoms with van der Waals surface area (Å²) in [5.41, 5.74) is 7.95. The summed E-state index contributed by atoms with van der Waals surface area (Å²) in [4.78, 5) is 13.0. The largest absolute Gasteiger partial charge is 0.494 e. The van der Waals surface area contributed by atoms with Crippen LogP contribution in [0.2, 0.25) is 0 Å². The lowest BCUT2D eigenvalue weighted by Gasteiger charge is -2.30. The van der Waals surface area contributed by atoms with E-state index in [2.05, 4.69) is 22.4 Å². The van der Waals surface area contributed by atoms with Crippen molar-refractivity contribution in [3.8, 4) is 5.75 Å². The number of primary amides is 1. The lowest BCUT2D eigenvalue weighted by atomic mass is 10.0. The number of hydrogen-bond donors (Lipinski definition) is 2. The lowest BCUT2D eigenvalue weighted by Crippen LogP contribution is -2.35. The highest BCUT2D eigenvalue weighted by Crippen LogP contribution is 2.16. The third-order valence-electron chi connectivity index (χ3n) is 3.90. The summed E-state index contributed by atoms with van der Waals surface area (Å²) in [7, 11) is 0. The number of likely N-dealkylation sites (tertiary alicyclic amines) is 1. The number of nitrogens with two attached hydrogens (primary N) is 1. The number of hydrazone groups is 1. The molecular weight excluding hydrogens is 292 g/mol. The van der Waals surface area contributed by atoms with Gasteiger partial charge in [0.05, 0.1) is 12.8 Å². The number of nitrogens with zero attached hydrogens (tertiary/aromatic N) is 2. The van der Waals surface area contributed by atoms with Crippen LogP contribution >= 0.6 is 0 Å². The maximum Gasteiger partial charge on any atom is 0.332 e. The fourth-order valence-corrected chi connectivity index (χ4v) is 2.79. The van der Waals surface area contributed by atoms with Crippen LogP contribution in [0.3, 0.4) is 0 Å². The van der Waals surface area contributed by atoms with Crippen LogP contribution in [0.5, 0.6) is 5.75 Å². The lowest BCUT2D eigenvalue weighted by molar-refractivity contribution is 0.170. The van der Waals surface area contributed by atoms with E-state index < -0.39 is 6.03 Å². The highest BCUT2D eigenvalue weighted by atomic mass is 16.5. The van der Waals surface area contributed by atoms with Crippen molar-refractivity contribution >= 4 is 12.2 Å². The predicted molar refractivity (Wildman–Crippen MR) is 91.7 cm³/mol. The van der Waals surface area contributed by atoms with Gasteiger partial charge in [-0.25, -0.2) is 10.2 Å². The first-order valence-corrected chi connectivity index (χ1v) is 8.17. The Kier molecular flexibility index (Phi) is 6.87. The van der Waals surface area contributed by atoms with E-state index in [1.54, 1.807) is 0 Å². The third kappa shape index (κ3) is 6.69. The molecule has 1 atom stereocenters. The summed E-state index contributed by atoms with van der Waals surface area (Å²) < 4.78 is 5.76. The van der Waals surface area contributed by atoms with Crippen molar-refractivity contribution in [2.45, 2.75) is 26.2 Å². The van der Waals surface area contributed by atoms with Gasteiger partial charge in [-0.15, -0.1) is 0 Å². The minimum Gasteiger partial charge on any atom is -0.494 e. The van der Waals surface area contributed by atoms with Crippen molar-refractivity contribution < 1.29 is 9.53 Å². The number of carbonyl (C=O) groups excluding carboxylic acids is 1. The number of hydrogen-bond acceptors (Lipinski definition) is 4. The number of benzene rings is 1. The summed E-state index contributed by atoms with van der Waals surface area (Å²) in [6.45, 7) is 6.59. The van der Waals surface area contributed by atoms with Crippen molar-refractivity contribution in [3.63, 3.8) is 0 Å². The molecule has 1 unspecified atom stereocenters. The monoisotopic (exact) mass is 318 g/mol. The maximum atomic E-state index is 10.5. The Morgan fingerprint density at radius 3 is 2.96 bits per heavy atom. The Morgan fingerprint density at radius 2 is 2.26 bits per heavy atom. The van der Waals surface area contributed by atoms with Crippen LogP contribution in [0.25, 0.3) is 0 Å². The van der Waals surface area contributed by atoms with Crippen molar-refractivity contribution in [2.75, 3.05) is 26.2 Å². The minimum absolute atomic E-state index is 0.677. The molecule has 0 spiro atoms. The summed E-state index contributed by atoms with van der Waals surface area (Å²) >= 11 is 0. The molecule has 2 amide bonds. The van der Waals surface area contributed by atoms with Crippen LogP contribution < -0.4 is 15.9 Å². The van der Waals surface area contributed by atoms with Gasteiger partial charge in [0.2, 0.25) is 0 Å². The molecule has 1 saturated heterocycles. The van der Waals surface area contributed by atoms with Gasteiger partial charge in [-0.1, -0.05) is 6.92 Å². The molecule has 0 bridgehead atoms. The van der Waals surface area contributed by atoms with Crippen LogP contribution in [0.15, 0.2) is 29.4 Å². The standard InChI is InChI=1S/C17H26N4O2/c1-14-4-2-9-21(13-14)10-3-11-23-16-7-5-15(6-8-16)12-19-20-17(18)22/h5-8,12,14H,2-4,9-11,13H2,1H3,(H3,18,20,22). The highest BCUT2D eigenvalue weighted by molar-refractivity contribution is 5.81. The van der Waals surface area contributed by atoms with E-state index in [0.717, 1.165) is 36.8 Å². The molecule has 23 heavy (non-hydrogen) atoms. The SMILES string of the molecule is CC1CCCN(CCCOc2ccc(C=NNC(N)=O)cc2)C1. The molecular formula is C17H26N4O2. The van der Waals surface area contributed by atoms with E-state index in [9.17, 15) is 4.79 Å². The molecule has 1 heterocycles. The van der Waals surface area contributed by atoms with Crippen molar-refractivity contribution in [1.29, 1.82) is 0 Å². The van der Waals surface area contributed by atoms with Crippen LogP contribution in [-0.4, -0.2) is 43.4 Å². The van der Waals surface area contributed by atoms with E-state index in [4.69, 9.17) is 10.5 Å². The Bertz CT molecular complexity index is 516. The molecule has 0 saturated carbocycles. The molecule has 1 aromatic carbocycles. The second-order valence-corrected chi connectivity index (χ2v) is 6.05. The van der Waals surface area contributed by atoms with E-state index in [1.807, 2.05) is 24.3 Å². The Labute approximate surface area is 137 Å². The fraction of sp³-hybridized carbons (Fsp3) is 0.529. The van der Waals surface area contributed by atoms with E-state index in [-0.39, 0.29) is 0 Å². The molecule has 3 N–H and O–H groups in total. The number of ether oxygens (including phenoxy) is 1. The second-order valence-electron chi connectivity index (χ2n) is 6.05. The predicted octanol–water partition coefficient (Wildman–Crippen LogP) is 2.19. The van der Waals surface area contributed by atoms with Gasteiger partial charge in [0.15, 0.2) is 0 Å². The molecule has 6 heteroatoms. The van der Waals surface area contributed by atoms with E-state index >= 15 is 0 Å². The topological polar surface area (TPSA) is 79.9 Å². The van der Waals surface area contributed by atoms with E-state index in [0.29, 0.717) is 0 Å². The molecule has 1 aliphatic heterocycles. The average molecular weight is 318 g/mol. The molecule has 6 nitrogen and oxygen atoms in total. The van der Waals surface area contributed by atoms with Gasteiger partial charge in [0.25, 0.3) is 0 Å². The van der Waals surface area contributed by atoms with Crippen LogP contribution in [-0.2, 0) is 0 Å². The Hall–Kier alpha value is -2.08.